The largest absolute Gasteiger partial charge is 0.260 e. The van der Waals surface area contributed by atoms with Crippen molar-refractivity contribution in [2.75, 3.05) is 0 Å². The van der Waals surface area contributed by atoms with Crippen LogP contribution >= 0.6 is 24.8 Å². The highest BCUT2D eigenvalue weighted by Gasteiger charge is 2.05. The van der Waals surface area contributed by atoms with Crippen molar-refractivity contribution < 1.29 is 0 Å². The van der Waals surface area contributed by atoms with Gasteiger partial charge in [-0.1, -0.05) is 54.6 Å². The molecule has 0 saturated carbocycles. The monoisotopic (exact) mass is 291 g/mol. The van der Waals surface area contributed by atoms with Gasteiger partial charge < -0.3 is 0 Å². The highest BCUT2D eigenvalue weighted by atomic mass is 35.5. The summed E-state index contributed by atoms with van der Waals surface area (Å²) >= 11 is 0. The molecule has 98 valence electrons. The van der Waals surface area contributed by atoms with Gasteiger partial charge in [0.2, 0.25) is 0 Å². The molecule has 1 heterocycles. The summed E-state index contributed by atoms with van der Waals surface area (Å²) < 4.78 is 0. The van der Waals surface area contributed by atoms with Crippen molar-refractivity contribution in [2.24, 2.45) is 0 Å². The van der Waals surface area contributed by atoms with Gasteiger partial charge in [0, 0.05) is 22.8 Å². The molecule has 0 aliphatic rings. The van der Waals surface area contributed by atoms with Crippen LogP contribution in [0.15, 0.2) is 60.8 Å². The molecular formula is C16H15Cl2N. The number of hydrogen-bond donors (Lipinski definition) is 0. The zero-order valence-corrected chi connectivity index (χ0v) is 12.2. The van der Waals surface area contributed by atoms with E-state index in [0.29, 0.717) is 0 Å². The lowest BCUT2D eigenvalue weighted by Crippen LogP contribution is -1.87. The van der Waals surface area contributed by atoms with E-state index in [2.05, 4.69) is 60.4 Å². The fraction of sp³-hybridized carbons (Fsp3) is 0.0625. The van der Waals surface area contributed by atoms with E-state index >= 15 is 0 Å². The maximum Gasteiger partial charge on any atom is 0.0451 e. The van der Waals surface area contributed by atoms with Gasteiger partial charge in [0.1, 0.15) is 0 Å². The van der Waals surface area contributed by atoms with Gasteiger partial charge in [-0.2, -0.15) is 0 Å². The Morgan fingerprint density at radius 1 is 0.737 bits per heavy atom. The molecular weight excluding hydrogens is 277 g/mol. The predicted octanol–water partition coefficient (Wildman–Crippen LogP) is 5.05. The van der Waals surface area contributed by atoms with Gasteiger partial charge in [-0.3, -0.25) is 4.98 Å². The summed E-state index contributed by atoms with van der Waals surface area (Å²) in [5.74, 6) is 0. The normalized spacial score (nSPS) is 9.53. The molecule has 0 bridgehead atoms. The van der Waals surface area contributed by atoms with Gasteiger partial charge in [0.05, 0.1) is 0 Å². The van der Waals surface area contributed by atoms with E-state index in [1.54, 1.807) is 0 Å². The lowest BCUT2D eigenvalue weighted by Gasteiger charge is -2.08. The average molecular weight is 292 g/mol. The summed E-state index contributed by atoms with van der Waals surface area (Å²) in [6.45, 7) is 2.05. The Labute approximate surface area is 125 Å². The molecule has 19 heavy (non-hydrogen) atoms. The second-order valence-corrected chi connectivity index (χ2v) is 4.17. The number of nitrogens with zero attached hydrogens (tertiary/aromatic N) is 1. The maximum absolute atomic E-state index is 4.48. The summed E-state index contributed by atoms with van der Waals surface area (Å²) in [5, 5.41) is 2.50. The van der Waals surface area contributed by atoms with Crippen LogP contribution in [-0.2, 0) is 0 Å². The molecule has 1 aromatic heterocycles. The Morgan fingerprint density at radius 3 is 2.00 bits per heavy atom. The first-order valence-electron chi connectivity index (χ1n) is 5.76. The molecule has 2 aromatic carbocycles. The minimum absolute atomic E-state index is 0. The molecule has 3 aromatic rings. The van der Waals surface area contributed by atoms with E-state index in [4.69, 9.17) is 0 Å². The SMILES string of the molecule is Cc1ncc(-c2ccccc2)c2ccccc12.Cl.Cl. The standard InChI is InChI=1S/C16H13N.2ClH/c1-12-14-9-5-6-10-15(14)16(11-17-12)13-7-3-2-4-8-13;;/h2-11H,1H3;2*1H. The minimum atomic E-state index is 0. The number of benzene rings is 2. The number of halogens is 2. The molecule has 0 radical (unpaired) electrons. The Bertz CT molecular complexity index is 666. The van der Waals surface area contributed by atoms with Crippen molar-refractivity contribution in [3.63, 3.8) is 0 Å². The highest BCUT2D eigenvalue weighted by Crippen LogP contribution is 2.28. The smallest absolute Gasteiger partial charge is 0.0451 e. The van der Waals surface area contributed by atoms with Crippen molar-refractivity contribution in [3.8, 4) is 11.1 Å². The van der Waals surface area contributed by atoms with Crippen LogP contribution in [0, 0.1) is 6.92 Å². The Kier molecular flexibility index (Phi) is 5.34. The molecule has 1 nitrogen and oxygen atoms in total. The average Bonchev–Trinajstić information content (AvgIpc) is 2.41. The lowest BCUT2D eigenvalue weighted by atomic mass is 10.00. The zero-order chi connectivity index (χ0) is 11.7. The molecule has 3 heteroatoms. The van der Waals surface area contributed by atoms with Crippen LogP contribution < -0.4 is 0 Å². The van der Waals surface area contributed by atoms with Gasteiger partial charge in [-0.05, 0) is 17.9 Å². The van der Waals surface area contributed by atoms with Crippen molar-refractivity contribution in [3.05, 3.63) is 66.5 Å². The third-order valence-corrected chi connectivity index (χ3v) is 3.08. The van der Waals surface area contributed by atoms with Crippen molar-refractivity contribution in [1.29, 1.82) is 0 Å². The number of pyridine rings is 1. The lowest BCUT2D eigenvalue weighted by molar-refractivity contribution is 1.24. The molecule has 0 atom stereocenters. The minimum Gasteiger partial charge on any atom is -0.260 e. The van der Waals surface area contributed by atoms with Crippen LogP contribution in [0.4, 0.5) is 0 Å². The van der Waals surface area contributed by atoms with Gasteiger partial charge >= 0.3 is 0 Å². The number of hydrogen-bond acceptors (Lipinski definition) is 1. The van der Waals surface area contributed by atoms with E-state index in [1.807, 2.05) is 12.3 Å². The van der Waals surface area contributed by atoms with Crippen LogP contribution in [0.3, 0.4) is 0 Å². The number of aryl methyl sites for hydroxylation is 1. The topological polar surface area (TPSA) is 12.9 Å². The van der Waals surface area contributed by atoms with Gasteiger partial charge in [0.25, 0.3) is 0 Å². The second kappa shape index (κ2) is 6.55. The third-order valence-electron chi connectivity index (χ3n) is 3.08. The Balaban J connectivity index is 0.000000902. The van der Waals surface area contributed by atoms with Crippen LogP contribution in [0.5, 0.6) is 0 Å². The molecule has 0 amide bonds. The van der Waals surface area contributed by atoms with Crippen LogP contribution in [0.2, 0.25) is 0 Å². The van der Waals surface area contributed by atoms with Crippen molar-refractivity contribution >= 4 is 35.6 Å². The summed E-state index contributed by atoms with van der Waals surface area (Å²) in [6.07, 6.45) is 1.97. The van der Waals surface area contributed by atoms with E-state index in [0.717, 1.165) is 5.69 Å². The number of rotatable bonds is 1. The van der Waals surface area contributed by atoms with Crippen molar-refractivity contribution in [1.82, 2.24) is 4.98 Å². The molecule has 0 spiro atoms. The molecule has 0 fully saturated rings. The van der Waals surface area contributed by atoms with Crippen molar-refractivity contribution in [2.45, 2.75) is 6.92 Å². The Hall–Kier alpha value is -1.57. The van der Waals surface area contributed by atoms with E-state index < -0.39 is 0 Å². The van der Waals surface area contributed by atoms with Gasteiger partial charge in [0.15, 0.2) is 0 Å². The highest BCUT2D eigenvalue weighted by molar-refractivity contribution is 5.97. The van der Waals surface area contributed by atoms with Gasteiger partial charge in [-0.15, -0.1) is 24.8 Å². The summed E-state index contributed by atoms with van der Waals surface area (Å²) in [4.78, 5) is 4.48. The first-order chi connectivity index (χ1) is 8.36. The van der Waals surface area contributed by atoms with Crippen LogP contribution in [-0.4, -0.2) is 4.98 Å². The van der Waals surface area contributed by atoms with E-state index in [9.17, 15) is 0 Å². The fourth-order valence-corrected chi connectivity index (χ4v) is 2.18. The molecule has 0 aliphatic heterocycles. The first kappa shape index (κ1) is 15.5. The molecule has 0 saturated heterocycles. The van der Waals surface area contributed by atoms with E-state index in [-0.39, 0.29) is 24.8 Å². The predicted molar refractivity (Wildman–Crippen MR) is 86.4 cm³/mol. The van der Waals surface area contributed by atoms with Crippen LogP contribution in [0.1, 0.15) is 5.69 Å². The van der Waals surface area contributed by atoms with Crippen LogP contribution in [0.25, 0.3) is 21.9 Å². The molecule has 0 aliphatic carbocycles. The number of fused-ring (bicyclic) bond motifs is 1. The summed E-state index contributed by atoms with van der Waals surface area (Å²) in [5.41, 5.74) is 3.50. The zero-order valence-electron chi connectivity index (χ0n) is 10.5. The quantitative estimate of drug-likeness (QED) is 0.611. The second-order valence-electron chi connectivity index (χ2n) is 4.17. The van der Waals surface area contributed by atoms with E-state index in [1.165, 1.54) is 21.9 Å². The first-order valence-corrected chi connectivity index (χ1v) is 5.76. The third kappa shape index (κ3) is 2.89. The fourth-order valence-electron chi connectivity index (χ4n) is 2.18. The molecule has 3 rings (SSSR count). The summed E-state index contributed by atoms with van der Waals surface area (Å²) in [7, 11) is 0. The molecule has 0 unspecified atom stereocenters. The Morgan fingerprint density at radius 2 is 1.32 bits per heavy atom. The summed E-state index contributed by atoms with van der Waals surface area (Å²) in [6, 6.07) is 18.8. The molecule has 0 N–H and O–H groups in total. The van der Waals surface area contributed by atoms with Gasteiger partial charge in [-0.25, -0.2) is 0 Å². The number of aromatic nitrogens is 1. The maximum atomic E-state index is 4.48.